The molecule has 1 aliphatic carbocycles. The topological polar surface area (TPSA) is 26.0 Å². The van der Waals surface area contributed by atoms with Gasteiger partial charge in [0.25, 0.3) is 0 Å². The van der Waals surface area contributed by atoms with Crippen molar-refractivity contribution < 1.29 is 8.78 Å². The summed E-state index contributed by atoms with van der Waals surface area (Å²) in [6.07, 6.45) is 1.14. The van der Waals surface area contributed by atoms with E-state index in [1.165, 1.54) is 0 Å². The minimum Gasteiger partial charge on any atom is -0.325 e. The Morgan fingerprint density at radius 3 is 2.09 bits per heavy atom. The van der Waals surface area contributed by atoms with E-state index in [1.807, 2.05) is 0 Å². The zero-order valence-corrected chi connectivity index (χ0v) is 7.39. The van der Waals surface area contributed by atoms with Crippen LogP contribution in [0.15, 0.2) is 0 Å². The molecular weight excluding hydrogens is 172 g/mol. The molecule has 0 amide bonds. The Balaban J connectivity index is 0.000001000. The van der Waals surface area contributed by atoms with E-state index in [9.17, 15) is 8.78 Å². The van der Waals surface area contributed by atoms with Gasteiger partial charge in [-0.1, -0.05) is 0 Å². The third kappa shape index (κ3) is 3.34. The molecule has 0 spiro atoms. The van der Waals surface area contributed by atoms with Crippen LogP contribution >= 0.6 is 12.4 Å². The molecule has 1 unspecified atom stereocenters. The van der Waals surface area contributed by atoms with Gasteiger partial charge < -0.3 is 5.73 Å². The monoisotopic (exact) mass is 185 g/mol. The van der Waals surface area contributed by atoms with Gasteiger partial charge in [0.2, 0.25) is 5.92 Å². The van der Waals surface area contributed by atoms with E-state index in [0.717, 1.165) is 6.42 Å². The van der Waals surface area contributed by atoms with Crippen LogP contribution in [0.2, 0.25) is 0 Å². The van der Waals surface area contributed by atoms with Gasteiger partial charge in [-0.05, 0) is 19.8 Å². The number of hydrogen-bond donors (Lipinski definition) is 1. The number of hydrogen-bond acceptors (Lipinski definition) is 1. The summed E-state index contributed by atoms with van der Waals surface area (Å²) in [6.45, 7) is 1.69. The standard InChI is InChI=1S/C7H13F2N.ClH/c1-6(10)3-2-4-7(8,9)5-6;/h2-5,10H2,1H3;1H. The lowest BCUT2D eigenvalue weighted by Gasteiger charge is -2.34. The Bertz CT molecular complexity index is 122. The molecule has 0 heterocycles. The smallest absolute Gasteiger partial charge is 0.249 e. The molecule has 2 N–H and O–H groups in total. The molecule has 0 aromatic rings. The SMILES string of the molecule is CC1(N)CCCC(F)(F)C1.Cl. The summed E-state index contributed by atoms with van der Waals surface area (Å²) >= 11 is 0. The van der Waals surface area contributed by atoms with Gasteiger partial charge in [0, 0.05) is 18.4 Å². The molecule has 0 aromatic carbocycles. The largest absolute Gasteiger partial charge is 0.325 e. The van der Waals surface area contributed by atoms with Crippen LogP contribution in [0.5, 0.6) is 0 Å². The first kappa shape index (κ1) is 11.1. The molecule has 1 rings (SSSR count). The molecular formula is C7H14ClF2N. The molecule has 68 valence electrons. The lowest BCUT2D eigenvalue weighted by Crippen LogP contribution is -2.45. The molecule has 4 heteroatoms. The van der Waals surface area contributed by atoms with Crippen LogP contribution in [0.1, 0.15) is 32.6 Å². The Kier molecular flexibility index (Phi) is 3.27. The van der Waals surface area contributed by atoms with Crippen LogP contribution in [0.3, 0.4) is 0 Å². The van der Waals surface area contributed by atoms with Crippen molar-refractivity contribution in [1.29, 1.82) is 0 Å². The number of alkyl halides is 2. The lowest BCUT2D eigenvalue weighted by atomic mass is 9.82. The fraction of sp³-hybridized carbons (Fsp3) is 1.00. The van der Waals surface area contributed by atoms with Crippen molar-refractivity contribution in [2.75, 3.05) is 0 Å². The minimum absolute atomic E-state index is 0. The molecule has 1 fully saturated rings. The zero-order chi connectivity index (χ0) is 7.83. The molecule has 0 bridgehead atoms. The van der Waals surface area contributed by atoms with Gasteiger partial charge in [-0.2, -0.15) is 0 Å². The zero-order valence-electron chi connectivity index (χ0n) is 6.57. The lowest BCUT2D eigenvalue weighted by molar-refractivity contribution is -0.0558. The Labute approximate surface area is 71.7 Å². The van der Waals surface area contributed by atoms with Gasteiger partial charge in [-0.25, -0.2) is 8.78 Å². The van der Waals surface area contributed by atoms with Gasteiger partial charge in [0.05, 0.1) is 0 Å². The van der Waals surface area contributed by atoms with Crippen molar-refractivity contribution in [3.8, 4) is 0 Å². The van der Waals surface area contributed by atoms with E-state index in [0.29, 0.717) is 6.42 Å². The van der Waals surface area contributed by atoms with E-state index in [1.54, 1.807) is 6.92 Å². The maximum Gasteiger partial charge on any atom is 0.249 e. The summed E-state index contributed by atoms with van der Waals surface area (Å²) in [7, 11) is 0. The number of rotatable bonds is 0. The normalized spacial score (nSPS) is 36.0. The molecule has 0 aliphatic heterocycles. The molecule has 0 radical (unpaired) electrons. The fourth-order valence-electron chi connectivity index (χ4n) is 1.52. The summed E-state index contributed by atoms with van der Waals surface area (Å²) in [4.78, 5) is 0. The predicted molar refractivity (Wildman–Crippen MR) is 43.3 cm³/mol. The van der Waals surface area contributed by atoms with Gasteiger partial charge in [-0.3, -0.25) is 0 Å². The highest BCUT2D eigenvalue weighted by molar-refractivity contribution is 5.85. The van der Waals surface area contributed by atoms with Crippen molar-refractivity contribution in [1.82, 2.24) is 0 Å². The van der Waals surface area contributed by atoms with Crippen LogP contribution < -0.4 is 5.73 Å². The highest BCUT2D eigenvalue weighted by Gasteiger charge is 2.40. The van der Waals surface area contributed by atoms with Gasteiger partial charge in [-0.15, -0.1) is 12.4 Å². The maximum atomic E-state index is 12.6. The first-order chi connectivity index (χ1) is 4.41. The minimum atomic E-state index is -2.51. The van der Waals surface area contributed by atoms with Crippen LogP contribution in [-0.2, 0) is 0 Å². The molecule has 0 saturated heterocycles. The molecule has 1 atom stereocenters. The average molecular weight is 186 g/mol. The van der Waals surface area contributed by atoms with Crippen molar-refractivity contribution in [3.63, 3.8) is 0 Å². The van der Waals surface area contributed by atoms with E-state index in [4.69, 9.17) is 5.73 Å². The fourth-order valence-corrected chi connectivity index (χ4v) is 1.52. The third-order valence-corrected chi connectivity index (χ3v) is 1.95. The Morgan fingerprint density at radius 1 is 1.27 bits per heavy atom. The second-order valence-electron chi connectivity index (χ2n) is 3.54. The van der Waals surface area contributed by atoms with Gasteiger partial charge >= 0.3 is 0 Å². The van der Waals surface area contributed by atoms with Crippen molar-refractivity contribution >= 4 is 12.4 Å². The van der Waals surface area contributed by atoms with Gasteiger partial charge in [0.1, 0.15) is 0 Å². The second-order valence-corrected chi connectivity index (χ2v) is 3.54. The quantitative estimate of drug-likeness (QED) is 0.616. The van der Waals surface area contributed by atoms with Crippen molar-refractivity contribution in [2.45, 2.75) is 44.1 Å². The Hall–Kier alpha value is 0.110. The Morgan fingerprint density at radius 2 is 1.82 bits per heavy atom. The van der Waals surface area contributed by atoms with Gasteiger partial charge in [0.15, 0.2) is 0 Å². The van der Waals surface area contributed by atoms with E-state index in [-0.39, 0.29) is 25.2 Å². The van der Waals surface area contributed by atoms with Crippen molar-refractivity contribution in [3.05, 3.63) is 0 Å². The number of nitrogens with two attached hydrogens (primary N) is 1. The summed E-state index contributed by atoms with van der Waals surface area (Å²) in [5.74, 6) is -2.51. The second kappa shape index (κ2) is 3.23. The summed E-state index contributed by atoms with van der Waals surface area (Å²) in [6, 6.07) is 0. The maximum absolute atomic E-state index is 12.6. The third-order valence-electron chi connectivity index (χ3n) is 1.95. The van der Waals surface area contributed by atoms with E-state index >= 15 is 0 Å². The average Bonchev–Trinajstić information content (AvgIpc) is 1.56. The van der Waals surface area contributed by atoms with Crippen LogP contribution in [0.25, 0.3) is 0 Å². The van der Waals surface area contributed by atoms with Crippen molar-refractivity contribution in [2.24, 2.45) is 5.73 Å². The number of halogens is 3. The van der Waals surface area contributed by atoms with E-state index in [2.05, 4.69) is 0 Å². The first-order valence-corrected chi connectivity index (χ1v) is 3.58. The summed E-state index contributed by atoms with van der Waals surface area (Å²) in [5, 5.41) is 0. The highest BCUT2D eigenvalue weighted by atomic mass is 35.5. The molecule has 1 nitrogen and oxygen atoms in total. The first-order valence-electron chi connectivity index (χ1n) is 3.58. The predicted octanol–water partition coefficient (Wildman–Crippen LogP) is 2.33. The molecule has 0 aromatic heterocycles. The van der Waals surface area contributed by atoms with Crippen LogP contribution in [-0.4, -0.2) is 11.5 Å². The van der Waals surface area contributed by atoms with Crippen LogP contribution in [0.4, 0.5) is 8.78 Å². The summed E-state index contributed by atoms with van der Waals surface area (Å²) < 4.78 is 25.2. The molecule has 1 saturated carbocycles. The highest BCUT2D eigenvalue weighted by Crippen LogP contribution is 2.37. The molecule has 11 heavy (non-hydrogen) atoms. The van der Waals surface area contributed by atoms with E-state index < -0.39 is 11.5 Å². The van der Waals surface area contributed by atoms with Crippen LogP contribution in [0, 0.1) is 0 Å². The summed E-state index contributed by atoms with van der Waals surface area (Å²) in [5.41, 5.74) is 4.94. The molecule has 1 aliphatic rings.